The first-order valence-corrected chi connectivity index (χ1v) is 10.3. The summed E-state index contributed by atoms with van der Waals surface area (Å²) >= 11 is 0. The zero-order chi connectivity index (χ0) is 17.2. The van der Waals surface area contributed by atoms with Crippen LogP contribution in [0.15, 0.2) is 0 Å². The molecule has 0 radical (unpaired) electrons. The Labute approximate surface area is 145 Å². The van der Waals surface area contributed by atoms with Crippen LogP contribution in [-0.4, -0.2) is 35.5 Å². The monoisotopic (exact) mass is 329 g/mol. The van der Waals surface area contributed by atoms with Crippen LogP contribution in [0.25, 0.3) is 0 Å². The van der Waals surface area contributed by atoms with Crippen LogP contribution in [0.1, 0.15) is 104 Å². The van der Waals surface area contributed by atoms with E-state index < -0.39 is 0 Å². The molecular formula is C20H43NO2. The van der Waals surface area contributed by atoms with Crippen molar-refractivity contribution in [2.45, 2.75) is 116 Å². The van der Waals surface area contributed by atoms with Gasteiger partial charge in [-0.15, -0.1) is 0 Å². The van der Waals surface area contributed by atoms with Crippen LogP contribution in [-0.2, 0) is 0 Å². The summed E-state index contributed by atoms with van der Waals surface area (Å²) in [4.78, 5) is 0. The van der Waals surface area contributed by atoms with E-state index in [1.54, 1.807) is 0 Å². The van der Waals surface area contributed by atoms with Crippen molar-refractivity contribution in [2.75, 3.05) is 13.1 Å². The van der Waals surface area contributed by atoms with Crippen molar-refractivity contribution in [1.29, 1.82) is 0 Å². The highest BCUT2D eigenvalue weighted by Crippen LogP contribution is 2.09. The Morgan fingerprint density at radius 3 is 1.30 bits per heavy atom. The van der Waals surface area contributed by atoms with E-state index in [0.29, 0.717) is 13.1 Å². The van der Waals surface area contributed by atoms with Crippen LogP contribution >= 0.6 is 0 Å². The summed E-state index contributed by atoms with van der Waals surface area (Å²) in [6.45, 7) is 5.69. The molecular weight excluding hydrogens is 286 g/mol. The fourth-order valence-electron chi connectivity index (χ4n) is 2.94. The molecule has 0 aliphatic carbocycles. The molecule has 3 N–H and O–H groups in total. The molecule has 0 rings (SSSR count). The lowest BCUT2D eigenvalue weighted by molar-refractivity contribution is 0.132. The second-order valence-electron chi connectivity index (χ2n) is 7.08. The van der Waals surface area contributed by atoms with Crippen LogP contribution in [0.5, 0.6) is 0 Å². The molecule has 0 fully saturated rings. The van der Waals surface area contributed by atoms with E-state index in [4.69, 9.17) is 0 Å². The molecule has 0 heterocycles. The number of aliphatic hydroxyl groups excluding tert-OH is 2. The highest BCUT2D eigenvalue weighted by molar-refractivity contribution is 4.64. The predicted octanol–water partition coefficient (Wildman–Crippen LogP) is 4.80. The van der Waals surface area contributed by atoms with Crippen molar-refractivity contribution in [3.63, 3.8) is 0 Å². The topological polar surface area (TPSA) is 52.5 Å². The van der Waals surface area contributed by atoms with E-state index in [0.717, 1.165) is 25.7 Å². The minimum atomic E-state index is -0.262. The molecule has 0 aromatic carbocycles. The van der Waals surface area contributed by atoms with Gasteiger partial charge in [0.15, 0.2) is 0 Å². The fourth-order valence-corrected chi connectivity index (χ4v) is 2.94. The first-order valence-electron chi connectivity index (χ1n) is 10.3. The first-order chi connectivity index (χ1) is 11.2. The molecule has 0 aliphatic rings. The quantitative estimate of drug-likeness (QED) is 0.317. The van der Waals surface area contributed by atoms with Gasteiger partial charge in [-0.2, -0.15) is 0 Å². The highest BCUT2D eigenvalue weighted by atomic mass is 16.3. The third-order valence-corrected chi connectivity index (χ3v) is 4.54. The van der Waals surface area contributed by atoms with Crippen LogP contribution in [0, 0.1) is 0 Å². The molecule has 0 bridgehead atoms. The number of nitrogens with one attached hydrogen (secondary N) is 1. The Balaban J connectivity index is 3.30. The Hall–Kier alpha value is -0.120. The summed E-state index contributed by atoms with van der Waals surface area (Å²) in [6.07, 6.45) is 16.4. The Morgan fingerprint density at radius 2 is 0.913 bits per heavy atom. The van der Waals surface area contributed by atoms with Crippen molar-refractivity contribution in [1.82, 2.24) is 5.32 Å². The molecule has 0 aromatic heterocycles. The number of hydrogen-bond acceptors (Lipinski definition) is 3. The number of unbranched alkanes of at least 4 members (excludes halogenated alkanes) is 10. The van der Waals surface area contributed by atoms with E-state index in [9.17, 15) is 10.2 Å². The van der Waals surface area contributed by atoms with E-state index in [-0.39, 0.29) is 12.2 Å². The lowest BCUT2D eigenvalue weighted by Crippen LogP contribution is -2.33. The molecule has 0 saturated carbocycles. The Bertz CT molecular complexity index is 202. The molecule has 2 unspecified atom stereocenters. The molecule has 0 amide bonds. The lowest BCUT2D eigenvalue weighted by atomic mass is 10.1. The van der Waals surface area contributed by atoms with Crippen molar-refractivity contribution < 1.29 is 10.2 Å². The Morgan fingerprint density at radius 1 is 0.565 bits per heavy atom. The molecule has 0 aliphatic heterocycles. The molecule has 3 nitrogen and oxygen atoms in total. The highest BCUT2D eigenvalue weighted by Gasteiger charge is 2.07. The maximum Gasteiger partial charge on any atom is 0.0664 e. The predicted molar refractivity (Wildman–Crippen MR) is 101 cm³/mol. The average molecular weight is 330 g/mol. The summed E-state index contributed by atoms with van der Waals surface area (Å²) in [5, 5.41) is 23.0. The van der Waals surface area contributed by atoms with Crippen molar-refractivity contribution in [3.05, 3.63) is 0 Å². The van der Waals surface area contributed by atoms with Crippen molar-refractivity contribution in [2.24, 2.45) is 0 Å². The molecule has 140 valence electrons. The summed E-state index contributed by atoms with van der Waals surface area (Å²) in [5.74, 6) is 0. The van der Waals surface area contributed by atoms with Gasteiger partial charge in [-0.1, -0.05) is 90.9 Å². The fraction of sp³-hybridized carbons (Fsp3) is 1.00. The normalized spacial score (nSPS) is 14.1. The van der Waals surface area contributed by atoms with Gasteiger partial charge in [-0.3, -0.25) is 0 Å². The van der Waals surface area contributed by atoms with Gasteiger partial charge < -0.3 is 15.5 Å². The smallest absolute Gasteiger partial charge is 0.0664 e. The van der Waals surface area contributed by atoms with Gasteiger partial charge in [-0.25, -0.2) is 0 Å². The standard InChI is InChI=1S/C20H43NO2/c1-3-5-7-9-11-13-15-19(22)17-21-18-20(23)16-14-12-10-8-6-4-2/h19-23H,3-18H2,1-2H3. The average Bonchev–Trinajstić information content (AvgIpc) is 2.54. The van der Waals surface area contributed by atoms with Crippen LogP contribution in [0.4, 0.5) is 0 Å². The second-order valence-corrected chi connectivity index (χ2v) is 7.08. The van der Waals surface area contributed by atoms with Gasteiger partial charge in [0.2, 0.25) is 0 Å². The van der Waals surface area contributed by atoms with Crippen LogP contribution in [0.3, 0.4) is 0 Å². The number of hydrogen-bond donors (Lipinski definition) is 3. The zero-order valence-corrected chi connectivity index (χ0v) is 15.9. The van der Waals surface area contributed by atoms with E-state index in [1.165, 1.54) is 64.2 Å². The minimum absolute atomic E-state index is 0.262. The first kappa shape index (κ1) is 22.9. The van der Waals surface area contributed by atoms with Gasteiger partial charge in [0.05, 0.1) is 12.2 Å². The zero-order valence-electron chi connectivity index (χ0n) is 15.9. The minimum Gasteiger partial charge on any atom is -0.392 e. The van der Waals surface area contributed by atoms with Crippen molar-refractivity contribution >= 4 is 0 Å². The molecule has 3 heteroatoms. The maximum absolute atomic E-state index is 9.92. The SMILES string of the molecule is CCCCCCCCC(O)CNCC(O)CCCCCCCC. The maximum atomic E-state index is 9.92. The van der Waals surface area contributed by atoms with Crippen LogP contribution < -0.4 is 5.32 Å². The summed E-state index contributed by atoms with van der Waals surface area (Å²) in [6, 6.07) is 0. The summed E-state index contributed by atoms with van der Waals surface area (Å²) in [5.41, 5.74) is 0. The van der Waals surface area contributed by atoms with Crippen molar-refractivity contribution in [3.8, 4) is 0 Å². The van der Waals surface area contributed by atoms with E-state index >= 15 is 0 Å². The molecule has 0 saturated heterocycles. The van der Waals surface area contributed by atoms with E-state index in [2.05, 4.69) is 19.2 Å². The van der Waals surface area contributed by atoms with E-state index in [1.807, 2.05) is 0 Å². The van der Waals surface area contributed by atoms with Gasteiger partial charge in [0.25, 0.3) is 0 Å². The molecule has 2 atom stereocenters. The van der Waals surface area contributed by atoms with Crippen LogP contribution in [0.2, 0.25) is 0 Å². The lowest BCUT2D eigenvalue weighted by Gasteiger charge is -2.15. The van der Waals surface area contributed by atoms with Gasteiger partial charge in [-0.05, 0) is 12.8 Å². The third-order valence-electron chi connectivity index (χ3n) is 4.54. The second kappa shape index (κ2) is 18.2. The number of rotatable bonds is 18. The summed E-state index contributed by atoms with van der Waals surface area (Å²) in [7, 11) is 0. The molecule has 0 spiro atoms. The third kappa shape index (κ3) is 18.1. The van der Waals surface area contributed by atoms with Gasteiger partial charge in [0.1, 0.15) is 0 Å². The molecule has 0 aromatic rings. The largest absolute Gasteiger partial charge is 0.392 e. The summed E-state index contributed by atoms with van der Waals surface area (Å²) < 4.78 is 0. The van der Waals surface area contributed by atoms with Gasteiger partial charge >= 0.3 is 0 Å². The number of aliphatic hydroxyl groups is 2. The Kier molecular flexibility index (Phi) is 18.1. The molecule has 23 heavy (non-hydrogen) atoms. The van der Waals surface area contributed by atoms with Gasteiger partial charge in [0, 0.05) is 13.1 Å².